The Morgan fingerprint density at radius 1 is 0.283 bits per heavy atom. The highest BCUT2D eigenvalue weighted by atomic mass is 16.3. The zero-order valence-corrected chi connectivity index (χ0v) is 32.7. The summed E-state index contributed by atoms with van der Waals surface area (Å²) in [5.41, 5.74) is 11.9. The Hall–Kier alpha value is -7.94. The van der Waals surface area contributed by atoms with E-state index < -0.39 is 0 Å². The van der Waals surface area contributed by atoms with Gasteiger partial charge in [-0.05, 0) is 114 Å². The minimum Gasteiger partial charge on any atom is -0.456 e. The van der Waals surface area contributed by atoms with Crippen molar-refractivity contribution in [3.05, 3.63) is 224 Å². The predicted octanol–water partition coefficient (Wildman–Crippen LogP) is 16.7. The lowest BCUT2D eigenvalue weighted by Crippen LogP contribution is -2.12. The Balaban J connectivity index is 1.08. The highest BCUT2D eigenvalue weighted by Gasteiger charge is 2.22. The van der Waals surface area contributed by atoms with Crippen molar-refractivity contribution in [2.45, 2.75) is 0 Å². The van der Waals surface area contributed by atoms with E-state index in [1.54, 1.807) is 0 Å². The molecule has 12 aromatic rings. The first-order valence-corrected chi connectivity index (χ1v) is 20.6. The van der Waals surface area contributed by atoms with Gasteiger partial charge in [0.2, 0.25) is 0 Å². The first kappa shape index (κ1) is 34.1. The summed E-state index contributed by atoms with van der Waals surface area (Å²) in [7, 11) is 0. The largest absolute Gasteiger partial charge is 0.456 e. The SMILES string of the molecule is c1ccc(-c2ccccc2N(c2cccc(-c3ccc4c(c3)oc3ccccc34)c2)c2ccccc2-c2ccc3ccc4ccc5ccc6ccccc6c5c4c3c2)cc1. The maximum absolute atomic E-state index is 6.35. The van der Waals surface area contributed by atoms with Gasteiger partial charge in [-0.3, -0.25) is 0 Å². The summed E-state index contributed by atoms with van der Waals surface area (Å²) in [6, 6.07) is 81.4. The van der Waals surface area contributed by atoms with Crippen LogP contribution in [0.2, 0.25) is 0 Å². The van der Waals surface area contributed by atoms with Gasteiger partial charge >= 0.3 is 0 Å². The van der Waals surface area contributed by atoms with Gasteiger partial charge in [-0.2, -0.15) is 0 Å². The molecule has 60 heavy (non-hydrogen) atoms. The van der Waals surface area contributed by atoms with E-state index >= 15 is 0 Å². The second-order valence-electron chi connectivity index (χ2n) is 15.6. The molecule has 1 aromatic heterocycles. The molecule has 0 N–H and O–H groups in total. The summed E-state index contributed by atoms with van der Waals surface area (Å²) in [4.78, 5) is 2.44. The lowest BCUT2D eigenvalue weighted by molar-refractivity contribution is 0.669. The van der Waals surface area contributed by atoms with Gasteiger partial charge in [-0.25, -0.2) is 0 Å². The maximum Gasteiger partial charge on any atom is 0.136 e. The van der Waals surface area contributed by atoms with Gasteiger partial charge < -0.3 is 9.32 Å². The van der Waals surface area contributed by atoms with Crippen LogP contribution in [0.3, 0.4) is 0 Å². The van der Waals surface area contributed by atoms with Crippen molar-refractivity contribution in [3.8, 4) is 33.4 Å². The number of hydrogen-bond donors (Lipinski definition) is 0. The zero-order valence-electron chi connectivity index (χ0n) is 32.7. The molecular formula is C58H37NO. The highest BCUT2D eigenvalue weighted by molar-refractivity contribution is 6.27. The van der Waals surface area contributed by atoms with E-state index in [9.17, 15) is 0 Å². The van der Waals surface area contributed by atoms with Crippen molar-refractivity contribution in [1.82, 2.24) is 0 Å². The fourth-order valence-corrected chi connectivity index (χ4v) is 9.39. The number of fused-ring (bicyclic) bond motifs is 10. The minimum absolute atomic E-state index is 0.889. The van der Waals surface area contributed by atoms with E-state index in [4.69, 9.17) is 4.42 Å². The predicted molar refractivity (Wildman–Crippen MR) is 255 cm³/mol. The molecule has 0 saturated heterocycles. The Labute approximate surface area is 347 Å². The Bertz CT molecular complexity index is 3610. The van der Waals surface area contributed by atoms with E-state index in [1.807, 2.05) is 12.1 Å². The standard InChI is InChI=1S/C58H37NO/c1-2-13-38(14-3-1)47-18-6-9-22-53(47)59(46-17-12-16-43(35-46)44-33-34-51-50-21-8-11-24-55(50)60-56(51)37-44)54-23-10-7-19-48(54)45-32-27-40-26-29-42-31-30-41-28-25-39-15-4-5-20-49(39)57(41)58(42)52(40)36-45/h1-37H. The molecule has 0 aliphatic heterocycles. The molecule has 0 spiro atoms. The summed E-state index contributed by atoms with van der Waals surface area (Å²) in [6.45, 7) is 0. The average Bonchev–Trinajstić information content (AvgIpc) is 3.70. The van der Waals surface area contributed by atoms with Crippen LogP contribution in [0.4, 0.5) is 17.1 Å². The third-order valence-corrected chi connectivity index (χ3v) is 12.2. The summed E-state index contributed by atoms with van der Waals surface area (Å²) >= 11 is 0. The van der Waals surface area contributed by atoms with Gasteiger partial charge in [0, 0.05) is 27.6 Å². The zero-order chi connectivity index (χ0) is 39.6. The smallest absolute Gasteiger partial charge is 0.136 e. The molecule has 0 aliphatic rings. The Morgan fingerprint density at radius 3 is 1.60 bits per heavy atom. The topological polar surface area (TPSA) is 16.4 Å². The maximum atomic E-state index is 6.35. The van der Waals surface area contributed by atoms with Gasteiger partial charge in [0.1, 0.15) is 11.2 Å². The number of anilines is 3. The highest BCUT2D eigenvalue weighted by Crippen LogP contribution is 2.47. The third kappa shape index (κ3) is 5.57. The van der Waals surface area contributed by atoms with Gasteiger partial charge in [-0.1, -0.05) is 176 Å². The number of hydrogen-bond acceptors (Lipinski definition) is 2. The van der Waals surface area contributed by atoms with Crippen molar-refractivity contribution in [2.24, 2.45) is 0 Å². The van der Waals surface area contributed by atoms with Gasteiger partial charge in [-0.15, -0.1) is 0 Å². The van der Waals surface area contributed by atoms with Crippen molar-refractivity contribution in [3.63, 3.8) is 0 Å². The number of rotatable bonds is 6. The summed E-state index contributed by atoms with van der Waals surface area (Å²) in [5.74, 6) is 0. The van der Waals surface area contributed by atoms with E-state index in [-0.39, 0.29) is 0 Å². The lowest BCUT2D eigenvalue weighted by atomic mass is 9.91. The number of benzene rings is 11. The summed E-state index contributed by atoms with van der Waals surface area (Å²) < 4.78 is 6.35. The molecule has 0 saturated carbocycles. The molecule has 0 bridgehead atoms. The van der Waals surface area contributed by atoms with Crippen LogP contribution >= 0.6 is 0 Å². The average molecular weight is 764 g/mol. The van der Waals surface area contributed by atoms with Crippen LogP contribution in [0.15, 0.2) is 229 Å². The molecule has 0 aliphatic carbocycles. The normalized spacial score (nSPS) is 11.7. The molecule has 12 rings (SSSR count). The molecule has 0 unspecified atom stereocenters. The van der Waals surface area contributed by atoms with Crippen LogP contribution in [-0.4, -0.2) is 0 Å². The quantitative estimate of drug-likeness (QED) is 0.157. The van der Waals surface area contributed by atoms with Crippen molar-refractivity contribution in [1.29, 1.82) is 0 Å². The first-order valence-electron chi connectivity index (χ1n) is 20.6. The summed E-state index contributed by atoms with van der Waals surface area (Å²) in [6.07, 6.45) is 0. The van der Waals surface area contributed by atoms with E-state index in [2.05, 4.69) is 217 Å². The molecular weight excluding hydrogens is 727 g/mol. The molecule has 0 atom stereocenters. The third-order valence-electron chi connectivity index (χ3n) is 12.2. The minimum atomic E-state index is 0.889. The molecule has 2 heteroatoms. The monoisotopic (exact) mass is 763 g/mol. The first-order chi connectivity index (χ1) is 29.7. The van der Waals surface area contributed by atoms with Crippen LogP contribution < -0.4 is 4.90 Å². The molecule has 280 valence electrons. The number of para-hydroxylation sites is 3. The number of nitrogens with zero attached hydrogens (tertiary/aromatic N) is 1. The van der Waals surface area contributed by atoms with Crippen LogP contribution in [0.25, 0.3) is 98.4 Å². The lowest BCUT2D eigenvalue weighted by Gasteiger charge is -2.30. The van der Waals surface area contributed by atoms with Gasteiger partial charge in [0.25, 0.3) is 0 Å². The van der Waals surface area contributed by atoms with Crippen molar-refractivity contribution >= 4 is 82.1 Å². The van der Waals surface area contributed by atoms with E-state index in [1.165, 1.54) is 48.7 Å². The van der Waals surface area contributed by atoms with Crippen LogP contribution in [0, 0.1) is 0 Å². The molecule has 0 fully saturated rings. The fraction of sp³-hybridized carbons (Fsp3) is 0. The van der Waals surface area contributed by atoms with E-state index in [0.29, 0.717) is 0 Å². The van der Waals surface area contributed by atoms with Crippen molar-refractivity contribution < 1.29 is 4.42 Å². The van der Waals surface area contributed by atoms with Crippen LogP contribution in [0.5, 0.6) is 0 Å². The summed E-state index contributed by atoms with van der Waals surface area (Å²) in [5, 5.41) is 12.4. The van der Waals surface area contributed by atoms with Gasteiger partial charge in [0.15, 0.2) is 0 Å². The second kappa shape index (κ2) is 13.9. The Kier molecular flexibility index (Phi) is 7.89. The van der Waals surface area contributed by atoms with E-state index in [0.717, 1.165) is 66.8 Å². The number of furan rings is 1. The van der Waals surface area contributed by atoms with Gasteiger partial charge in [0.05, 0.1) is 11.4 Å². The Morgan fingerprint density at radius 2 is 0.817 bits per heavy atom. The fourth-order valence-electron chi connectivity index (χ4n) is 9.39. The van der Waals surface area contributed by atoms with Crippen LogP contribution in [-0.2, 0) is 0 Å². The molecule has 0 radical (unpaired) electrons. The molecule has 2 nitrogen and oxygen atoms in total. The molecule has 1 heterocycles. The van der Waals surface area contributed by atoms with Crippen LogP contribution in [0.1, 0.15) is 0 Å². The second-order valence-corrected chi connectivity index (χ2v) is 15.6. The molecule has 0 amide bonds. The van der Waals surface area contributed by atoms with Crippen molar-refractivity contribution in [2.75, 3.05) is 4.90 Å². The molecule has 11 aromatic carbocycles.